The van der Waals surface area contributed by atoms with Crippen LogP contribution in [0.5, 0.6) is 0 Å². The Labute approximate surface area is 116 Å². The van der Waals surface area contributed by atoms with E-state index in [1.165, 1.54) is 0 Å². The van der Waals surface area contributed by atoms with Crippen molar-refractivity contribution in [2.75, 3.05) is 0 Å². The predicted molar refractivity (Wildman–Crippen MR) is 76.3 cm³/mol. The van der Waals surface area contributed by atoms with Crippen LogP contribution in [0.1, 0.15) is 51.5 Å². The Morgan fingerprint density at radius 3 is 2.37 bits per heavy atom. The summed E-state index contributed by atoms with van der Waals surface area (Å²) in [5, 5.41) is 21.0. The van der Waals surface area contributed by atoms with E-state index in [4.69, 9.17) is 0 Å². The molecule has 0 bridgehead atoms. The van der Waals surface area contributed by atoms with Crippen LogP contribution in [0.15, 0.2) is 30.3 Å². The van der Waals surface area contributed by atoms with Gasteiger partial charge >= 0.3 is 0 Å². The molecule has 1 aliphatic carbocycles. The van der Waals surface area contributed by atoms with E-state index in [2.05, 4.69) is 13.0 Å². The van der Waals surface area contributed by atoms with Crippen molar-refractivity contribution in [2.24, 2.45) is 11.3 Å². The lowest BCUT2D eigenvalue weighted by Crippen LogP contribution is -2.46. The van der Waals surface area contributed by atoms with Crippen molar-refractivity contribution in [3.05, 3.63) is 35.9 Å². The monoisotopic (exact) mass is 257 g/mol. The predicted octanol–water partition coefficient (Wildman–Crippen LogP) is 4.00. The molecule has 102 valence electrons. The number of nitriles is 1. The van der Waals surface area contributed by atoms with Gasteiger partial charge in [0, 0.05) is 0 Å². The number of nitrogens with zero attached hydrogens (tertiary/aromatic N) is 1. The lowest BCUT2D eigenvalue weighted by Gasteiger charge is -2.46. The summed E-state index contributed by atoms with van der Waals surface area (Å²) >= 11 is 0. The van der Waals surface area contributed by atoms with Crippen molar-refractivity contribution in [2.45, 2.75) is 51.6 Å². The fourth-order valence-electron chi connectivity index (χ4n) is 3.41. The highest BCUT2D eigenvalue weighted by Crippen LogP contribution is 2.52. The van der Waals surface area contributed by atoms with E-state index in [9.17, 15) is 10.4 Å². The molecule has 0 radical (unpaired) electrons. The topological polar surface area (TPSA) is 44.0 Å². The zero-order valence-electron chi connectivity index (χ0n) is 11.9. The molecule has 2 heteroatoms. The lowest BCUT2D eigenvalue weighted by atomic mass is 9.59. The van der Waals surface area contributed by atoms with Gasteiger partial charge in [-0.15, -0.1) is 0 Å². The van der Waals surface area contributed by atoms with Crippen LogP contribution in [0.4, 0.5) is 0 Å². The van der Waals surface area contributed by atoms with Crippen LogP contribution in [-0.4, -0.2) is 5.11 Å². The molecule has 1 aromatic rings. The maximum atomic E-state index is 11.2. The molecule has 0 heterocycles. The minimum atomic E-state index is -1.02. The third kappa shape index (κ3) is 2.28. The first-order chi connectivity index (χ1) is 9.08. The van der Waals surface area contributed by atoms with Crippen LogP contribution in [0.2, 0.25) is 0 Å². The highest BCUT2D eigenvalue weighted by molar-refractivity contribution is 5.29. The summed E-state index contributed by atoms with van der Waals surface area (Å²) in [6.45, 7) is 4.21. The summed E-state index contributed by atoms with van der Waals surface area (Å²) in [5.41, 5.74) is -0.771. The van der Waals surface area contributed by atoms with Gasteiger partial charge in [-0.3, -0.25) is 0 Å². The molecule has 0 saturated heterocycles. The molecule has 0 aliphatic heterocycles. The number of rotatable bonds is 3. The van der Waals surface area contributed by atoms with Crippen LogP contribution >= 0.6 is 0 Å². The smallest absolute Gasteiger partial charge is 0.108 e. The minimum Gasteiger partial charge on any atom is -0.383 e. The maximum absolute atomic E-state index is 11.2. The number of hydrogen-bond acceptors (Lipinski definition) is 2. The third-order valence-corrected chi connectivity index (χ3v) is 4.90. The van der Waals surface area contributed by atoms with Gasteiger partial charge in [0.1, 0.15) is 5.60 Å². The Morgan fingerprint density at radius 1 is 1.32 bits per heavy atom. The van der Waals surface area contributed by atoms with Gasteiger partial charge in [-0.25, -0.2) is 0 Å². The van der Waals surface area contributed by atoms with Gasteiger partial charge in [0.2, 0.25) is 0 Å². The molecule has 0 amide bonds. The molecule has 1 unspecified atom stereocenters. The standard InChI is InChI=1S/C17H23NO/c1-3-17(19,15-7-5-4-6-8-15)16(13-18)11-9-14(2)10-12-16/h4-8,14,19H,3,9-12H2,1-2H3. The van der Waals surface area contributed by atoms with Crippen LogP contribution in [0.3, 0.4) is 0 Å². The van der Waals surface area contributed by atoms with Gasteiger partial charge < -0.3 is 5.11 Å². The molecule has 2 nitrogen and oxygen atoms in total. The third-order valence-electron chi connectivity index (χ3n) is 4.90. The molecule has 1 fully saturated rings. The second-order valence-corrected chi connectivity index (χ2v) is 5.96. The zero-order chi connectivity index (χ0) is 13.9. The van der Waals surface area contributed by atoms with Gasteiger partial charge in [-0.1, -0.05) is 44.2 Å². The second-order valence-electron chi connectivity index (χ2n) is 5.96. The molecular formula is C17H23NO. The first kappa shape index (κ1) is 14.1. The van der Waals surface area contributed by atoms with E-state index >= 15 is 0 Å². The Bertz CT molecular complexity index is 454. The van der Waals surface area contributed by atoms with E-state index in [-0.39, 0.29) is 0 Å². The Balaban J connectivity index is 2.42. The Kier molecular flexibility index (Phi) is 3.96. The summed E-state index contributed by atoms with van der Waals surface area (Å²) < 4.78 is 0. The minimum absolute atomic E-state index is 0.582. The van der Waals surface area contributed by atoms with Gasteiger partial charge in [0.15, 0.2) is 0 Å². The van der Waals surface area contributed by atoms with Crippen molar-refractivity contribution in [1.29, 1.82) is 5.26 Å². The van der Waals surface area contributed by atoms with E-state index in [0.717, 1.165) is 31.2 Å². The van der Waals surface area contributed by atoms with Crippen molar-refractivity contribution >= 4 is 0 Å². The molecule has 0 aromatic heterocycles. The fraction of sp³-hybridized carbons (Fsp3) is 0.588. The summed E-state index contributed by atoms with van der Waals surface area (Å²) in [6.07, 6.45) is 4.23. The van der Waals surface area contributed by atoms with Gasteiger partial charge in [-0.2, -0.15) is 5.26 Å². The average molecular weight is 257 g/mol. The molecule has 1 atom stereocenters. The molecule has 19 heavy (non-hydrogen) atoms. The van der Waals surface area contributed by atoms with E-state index in [0.29, 0.717) is 12.3 Å². The average Bonchev–Trinajstić information content (AvgIpc) is 2.48. The largest absolute Gasteiger partial charge is 0.383 e. The molecule has 1 aliphatic rings. The van der Waals surface area contributed by atoms with Crippen molar-refractivity contribution in [3.63, 3.8) is 0 Å². The molecule has 2 rings (SSSR count). The van der Waals surface area contributed by atoms with E-state index < -0.39 is 11.0 Å². The molecule has 1 aromatic carbocycles. The van der Waals surface area contributed by atoms with E-state index in [1.807, 2.05) is 37.3 Å². The normalized spacial score (nSPS) is 30.3. The summed E-state index contributed by atoms with van der Waals surface area (Å²) in [6, 6.07) is 12.2. The van der Waals surface area contributed by atoms with Crippen molar-refractivity contribution < 1.29 is 5.11 Å². The molecule has 1 saturated carbocycles. The summed E-state index contributed by atoms with van der Waals surface area (Å²) in [5.74, 6) is 0.665. The van der Waals surface area contributed by atoms with Crippen molar-refractivity contribution in [1.82, 2.24) is 0 Å². The molecule has 1 N–H and O–H groups in total. The number of hydrogen-bond donors (Lipinski definition) is 1. The van der Waals surface area contributed by atoms with Gasteiger partial charge in [-0.05, 0) is 43.6 Å². The SMILES string of the molecule is CCC(O)(c1ccccc1)C1(C#N)CCC(C)CC1. The maximum Gasteiger partial charge on any atom is 0.108 e. The molecule has 0 spiro atoms. The Hall–Kier alpha value is -1.33. The highest BCUT2D eigenvalue weighted by Gasteiger charge is 2.51. The van der Waals surface area contributed by atoms with Crippen LogP contribution < -0.4 is 0 Å². The van der Waals surface area contributed by atoms with Crippen LogP contribution in [0.25, 0.3) is 0 Å². The van der Waals surface area contributed by atoms with Crippen LogP contribution in [0, 0.1) is 22.7 Å². The number of aliphatic hydroxyl groups is 1. The first-order valence-corrected chi connectivity index (χ1v) is 7.27. The van der Waals surface area contributed by atoms with E-state index in [1.54, 1.807) is 0 Å². The van der Waals surface area contributed by atoms with Gasteiger partial charge in [0.25, 0.3) is 0 Å². The molecular weight excluding hydrogens is 234 g/mol. The number of benzene rings is 1. The summed E-state index contributed by atoms with van der Waals surface area (Å²) in [7, 11) is 0. The van der Waals surface area contributed by atoms with Crippen LogP contribution in [-0.2, 0) is 5.60 Å². The van der Waals surface area contributed by atoms with Gasteiger partial charge in [0.05, 0.1) is 11.5 Å². The highest BCUT2D eigenvalue weighted by atomic mass is 16.3. The Morgan fingerprint density at radius 2 is 1.89 bits per heavy atom. The fourth-order valence-corrected chi connectivity index (χ4v) is 3.41. The summed E-state index contributed by atoms with van der Waals surface area (Å²) in [4.78, 5) is 0. The van der Waals surface area contributed by atoms with Crippen molar-refractivity contribution in [3.8, 4) is 6.07 Å². The first-order valence-electron chi connectivity index (χ1n) is 7.27. The lowest BCUT2D eigenvalue weighted by molar-refractivity contribution is -0.0868. The zero-order valence-corrected chi connectivity index (χ0v) is 11.9. The quantitative estimate of drug-likeness (QED) is 0.889. The second kappa shape index (κ2) is 5.35.